The summed E-state index contributed by atoms with van der Waals surface area (Å²) in [7, 11) is 0. The average Bonchev–Trinajstić information content (AvgIpc) is 2.93. The maximum Gasteiger partial charge on any atom is 0.240 e. The maximum atomic E-state index is 10.1. The van der Waals surface area contributed by atoms with Crippen LogP contribution in [-0.2, 0) is 0 Å². The van der Waals surface area contributed by atoms with Crippen molar-refractivity contribution in [2.24, 2.45) is 5.84 Å². The number of rotatable bonds is 2. The summed E-state index contributed by atoms with van der Waals surface area (Å²) in [5, 5.41) is 13.0. The highest BCUT2D eigenvalue weighted by Gasteiger charge is 2.33. The smallest absolute Gasteiger partial charge is 0.240 e. The van der Waals surface area contributed by atoms with E-state index in [9.17, 15) is 5.11 Å². The molecular formula is C11H15N5OS. The second kappa shape index (κ2) is 4.04. The number of nitrogens with zero attached hydrogens (tertiary/aromatic N) is 3. The van der Waals surface area contributed by atoms with Crippen LogP contribution in [0.15, 0.2) is 11.4 Å². The third kappa shape index (κ3) is 1.90. The Morgan fingerprint density at radius 1 is 1.56 bits per heavy atom. The van der Waals surface area contributed by atoms with Gasteiger partial charge in [-0.25, -0.2) is 10.8 Å². The number of aromatic nitrogens is 2. The number of anilines is 2. The van der Waals surface area contributed by atoms with Crippen molar-refractivity contribution in [3.63, 3.8) is 0 Å². The molecule has 2 aromatic heterocycles. The van der Waals surface area contributed by atoms with Gasteiger partial charge in [-0.05, 0) is 24.8 Å². The molecule has 3 heterocycles. The molecule has 0 amide bonds. The molecule has 1 aliphatic rings. The van der Waals surface area contributed by atoms with Crippen molar-refractivity contribution in [1.82, 2.24) is 9.97 Å². The first-order valence-electron chi connectivity index (χ1n) is 5.78. The normalized spacial score (nSPS) is 23.8. The number of nitrogen functional groups attached to an aromatic ring is 1. The van der Waals surface area contributed by atoms with Gasteiger partial charge in [0, 0.05) is 13.1 Å². The van der Waals surface area contributed by atoms with Crippen LogP contribution in [0.1, 0.15) is 13.3 Å². The molecule has 0 aromatic carbocycles. The SMILES string of the molecule is CC1(O)CCN(c2nc(NN)nc3sccc23)C1. The van der Waals surface area contributed by atoms with Crippen LogP contribution >= 0.6 is 11.3 Å². The van der Waals surface area contributed by atoms with E-state index in [0.29, 0.717) is 12.5 Å². The molecular weight excluding hydrogens is 250 g/mol. The van der Waals surface area contributed by atoms with Crippen LogP contribution in [0.25, 0.3) is 10.2 Å². The minimum Gasteiger partial charge on any atom is -0.388 e. The van der Waals surface area contributed by atoms with Crippen molar-refractivity contribution in [2.45, 2.75) is 18.9 Å². The molecule has 1 aliphatic heterocycles. The van der Waals surface area contributed by atoms with Gasteiger partial charge in [-0.15, -0.1) is 11.3 Å². The monoisotopic (exact) mass is 265 g/mol. The summed E-state index contributed by atoms with van der Waals surface area (Å²) in [6.07, 6.45) is 0.744. The molecule has 0 aliphatic carbocycles. The van der Waals surface area contributed by atoms with Crippen LogP contribution < -0.4 is 16.2 Å². The van der Waals surface area contributed by atoms with Gasteiger partial charge in [-0.3, -0.25) is 5.43 Å². The molecule has 18 heavy (non-hydrogen) atoms. The number of aliphatic hydroxyl groups is 1. The van der Waals surface area contributed by atoms with Crippen molar-refractivity contribution in [3.8, 4) is 0 Å². The minimum absolute atomic E-state index is 0.409. The summed E-state index contributed by atoms with van der Waals surface area (Å²) in [5.41, 5.74) is 1.84. The number of hydrogen-bond acceptors (Lipinski definition) is 7. The predicted octanol–water partition coefficient (Wildman–Crippen LogP) is 0.938. The van der Waals surface area contributed by atoms with Gasteiger partial charge >= 0.3 is 0 Å². The second-order valence-electron chi connectivity index (χ2n) is 4.82. The van der Waals surface area contributed by atoms with Gasteiger partial charge in [0.25, 0.3) is 0 Å². The zero-order chi connectivity index (χ0) is 12.8. The van der Waals surface area contributed by atoms with Crippen LogP contribution in [0.5, 0.6) is 0 Å². The minimum atomic E-state index is -0.649. The van der Waals surface area contributed by atoms with E-state index in [0.717, 1.165) is 29.0 Å². The van der Waals surface area contributed by atoms with E-state index in [1.165, 1.54) is 0 Å². The Bertz CT molecular complexity index is 582. The van der Waals surface area contributed by atoms with Gasteiger partial charge in [0.1, 0.15) is 10.6 Å². The average molecular weight is 265 g/mol. The Morgan fingerprint density at radius 3 is 3.06 bits per heavy atom. The van der Waals surface area contributed by atoms with Gasteiger partial charge in [0.15, 0.2) is 0 Å². The largest absolute Gasteiger partial charge is 0.388 e. The first kappa shape index (κ1) is 11.6. The van der Waals surface area contributed by atoms with E-state index in [4.69, 9.17) is 5.84 Å². The number of nitrogens with one attached hydrogen (secondary N) is 1. The van der Waals surface area contributed by atoms with E-state index >= 15 is 0 Å². The molecule has 1 atom stereocenters. The lowest BCUT2D eigenvalue weighted by atomic mass is 10.1. The molecule has 1 fully saturated rings. The van der Waals surface area contributed by atoms with Gasteiger partial charge in [-0.2, -0.15) is 4.98 Å². The van der Waals surface area contributed by atoms with Crippen LogP contribution in [0.2, 0.25) is 0 Å². The van der Waals surface area contributed by atoms with Gasteiger partial charge in [-0.1, -0.05) is 0 Å². The number of nitrogens with two attached hydrogens (primary N) is 1. The van der Waals surface area contributed by atoms with Crippen LogP contribution in [0.4, 0.5) is 11.8 Å². The Hall–Kier alpha value is -1.44. The molecule has 0 radical (unpaired) electrons. The van der Waals surface area contributed by atoms with Crippen LogP contribution in [-0.4, -0.2) is 33.8 Å². The molecule has 0 bridgehead atoms. The Labute approximate surface area is 108 Å². The fraction of sp³-hybridized carbons (Fsp3) is 0.455. The van der Waals surface area contributed by atoms with Crippen molar-refractivity contribution < 1.29 is 5.11 Å². The van der Waals surface area contributed by atoms with Crippen molar-refractivity contribution in [3.05, 3.63) is 11.4 Å². The Kier molecular flexibility index (Phi) is 2.61. The fourth-order valence-corrected chi connectivity index (χ4v) is 3.03. The number of hydrogen-bond donors (Lipinski definition) is 3. The lowest BCUT2D eigenvalue weighted by Gasteiger charge is -2.20. The number of fused-ring (bicyclic) bond motifs is 1. The van der Waals surface area contributed by atoms with Gasteiger partial charge < -0.3 is 10.0 Å². The zero-order valence-electron chi connectivity index (χ0n) is 10.1. The summed E-state index contributed by atoms with van der Waals surface area (Å²) in [6.45, 7) is 3.22. The molecule has 3 rings (SSSR count). The van der Waals surface area contributed by atoms with Gasteiger partial charge in [0.2, 0.25) is 5.95 Å². The van der Waals surface area contributed by atoms with E-state index in [-0.39, 0.29) is 0 Å². The van der Waals surface area contributed by atoms with Crippen molar-refractivity contribution in [2.75, 3.05) is 23.4 Å². The molecule has 1 unspecified atom stereocenters. The number of β-amino-alcohol motifs (C(OH)–C–C–N with tert-alkyl or cyclic N) is 1. The molecule has 1 saturated heterocycles. The predicted molar refractivity (Wildman–Crippen MR) is 72.7 cm³/mol. The Balaban J connectivity index is 2.07. The summed E-state index contributed by atoms with van der Waals surface area (Å²) >= 11 is 1.55. The molecule has 2 aromatic rings. The third-order valence-corrected chi connectivity index (χ3v) is 3.99. The van der Waals surface area contributed by atoms with E-state index in [1.54, 1.807) is 11.3 Å². The summed E-state index contributed by atoms with van der Waals surface area (Å²) < 4.78 is 0. The lowest BCUT2D eigenvalue weighted by molar-refractivity contribution is 0.0839. The van der Waals surface area contributed by atoms with Crippen molar-refractivity contribution >= 4 is 33.3 Å². The first-order chi connectivity index (χ1) is 8.59. The van der Waals surface area contributed by atoms with Crippen LogP contribution in [0, 0.1) is 0 Å². The standard InChI is InChI=1S/C11H15N5OS/c1-11(17)3-4-16(6-11)8-7-2-5-18-9(7)14-10(13-8)15-12/h2,5,17H,3-4,6,12H2,1H3,(H,13,14,15). The fourth-order valence-electron chi connectivity index (χ4n) is 2.27. The van der Waals surface area contributed by atoms with E-state index < -0.39 is 5.60 Å². The molecule has 6 nitrogen and oxygen atoms in total. The van der Waals surface area contributed by atoms with E-state index in [1.807, 2.05) is 18.4 Å². The lowest BCUT2D eigenvalue weighted by Crippen LogP contribution is -2.30. The molecule has 7 heteroatoms. The second-order valence-corrected chi connectivity index (χ2v) is 5.72. The number of thiophene rings is 1. The summed E-state index contributed by atoms with van der Waals surface area (Å²) in [4.78, 5) is 11.7. The highest BCUT2D eigenvalue weighted by Crippen LogP contribution is 2.33. The molecule has 0 saturated carbocycles. The highest BCUT2D eigenvalue weighted by atomic mass is 32.1. The topological polar surface area (TPSA) is 87.3 Å². The molecule has 96 valence electrons. The van der Waals surface area contributed by atoms with E-state index in [2.05, 4.69) is 20.3 Å². The molecule has 0 spiro atoms. The van der Waals surface area contributed by atoms with Crippen molar-refractivity contribution in [1.29, 1.82) is 0 Å². The first-order valence-corrected chi connectivity index (χ1v) is 6.66. The summed E-state index contributed by atoms with van der Waals surface area (Å²) in [6, 6.07) is 2.00. The maximum absolute atomic E-state index is 10.1. The van der Waals surface area contributed by atoms with Crippen LogP contribution in [0.3, 0.4) is 0 Å². The Morgan fingerprint density at radius 2 is 2.39 bits per heavy atom. The van der Waals surface area contributed by atoms with Gasteiger partial charge in [0.05, 0.1) is 11.0 Å². The molecule has 4 N–H and O–H groups in total. The summed E-state index contributed by atoms with van der Waals surface area (Å²) in [5.74, 6) is 6.64. The number of hydrazine groups is 1. The third-order valence-electron chi connectivity index (χ3n) is 3.19. The zero-order valence-corrected chi connectivity index (χ0v) is 10.9. The highest BCUT2D eigenvalue weighted by molar-refractivity contribution is 7.16. The quantitative estimate of drug-likeness (QED) is 0.553.